The SMILES string of the molecule is Cc1ccc(C(=O)N2CCCCC2c2nc3ccccc3o2)nc1. The number of rotatable bonds is 2. The van der Waals surface area contributed by atoms with E-state index in [1.54, 1.807) is 12.3 Å². The van der Waals surface area contributed by atoms with E-state index < -0.39 is 0 Å². The molecule has 3 heterocycles. The summed E-state index contributed by atoms with van der Waals surface area (Å²) in [6.45, 7) is 2.67. The molecule has 0 radical (unpaired) electrons. The van der Waals surface area contributed by atoms with Crippen molar-refractivity contribution < 1.29 is 9.21 Å². The first-order valence-corrected chi connectivity index (χ1v) is 8.31. The summed E-state index contributed by atoms with van der Waals surface area (Å²) < 4.78 is 5.92. The van der Waals surface area contributed by atoms with Crippen molar-refractivity contribution in [2.45, 2.75) is 32.2 Å². The summed E-state index contributed by atoms with van der Waals surface area (Å²) in [5.41, 5.74) is 3.11. The molecule has 24 heavy (non-hydrogen) atoms. The quantitative estimate of drug-likeness (QED) is 0.718. The molecule has 1 aromatic carbocycles. The number of aryl methyl sites for hydroxylation is 1. The summed E-state index contributed by atoms with van der Waals surface area (Å²) in [7, 11) is 0. The van der Waals surface area contributed by atoms with E-state index in [-0.39, 0.29) is 11.9 Å². The lowest BCUT2D eigenvalue weighted by Gasteiger charge is -2.33. The summed E-state index contributed by atoms with van der Waals surface area (Å²) in [6, 6.07) is 11.3. The Kier molecular flexibility index (Phi) is 3.76. The molecular weight excluding hydrogens is 302 g/mol. The van der Waals surface area contributed by atoms with Crippen molar-refractivity contribution in [2.24, 2.45) is 0 Å². The molecule has 0 aliphatic carbocycles. The van der Waals surface area contributed by atoms with Gasteiger partial charge in [-0.3, -0.25) is 9.78 Å². The number of carbonyl (C=O) groups is 1. The third-order valence-corrected chi connectivity index (χ3v) is 4.49. The Bertz CT molecular complexity index is 837. The number of fused-ring (bicyclic) bond motifs is 1. The zero-order valence-electron chi connectivity index (χ0n) is 13.6. The second kappa shape index (κ2) is 6.07. The Hall–Kier alpha value is -2.69. The third-order valence-electron chi connectivity index (χ3n) is 4.49. The number of pyridine rings is 1. The van der Waals surface area contributed by atoms with E-state index in [4.69, 9.17) is 4.42 Å². The molecule has 122 valence electrons. The Morgan fingerprint density at radius 2 is 2.08 bits per heavy atom. The van der Waals surface area contributed by atoms with Crippen LogP contribution in [0, 0.1) is 6.92 Å². The zero-order valence-corrected chi connectivity index (χ0v) is 13.6. The number of amides is 1. The van der Waals surface area contributed by atoms with Crippen LogP contribution in [0.1, 0.15) is 47.2 Å². The van der Waals surface area contributed by atoms with Crippen molar-refractivity contribution in [1.29, 1.82) is 0 Å². The van der Waals surface area contributed by atoms with Gasteiger partial charge in [-0.2, -0.15) is 0 Å². The number of nitrogens with zero attached hydrogens (tertiary/aromatic N) is 3. The lowest BCUT2D eigenvalue weighted by molar-refractivity contribution is 0.0568. The summed E-state index contributed by atoms with van der Waals surface area (Å²) in [5.74, 6) is 0.568. The molecule has 0 spiro atoms. The van der Waals surface area contributed by atoms with E-state index in [1.165, 1.54) is 0 Å². The minimum absolute atomic E-state index is 0.0537. The Balaban J connectivity index is 1.67. The van der Waals surface area contributed by atoms with Gasteiger partial charge in [0.15, 0.2) is 5.58 Å². The molecule has 0 saturated carbocycles. The topological polar surface area (TPSA) is 59.2 Å². The molecule has 5 nitrogen and oxygen atoms in total. The highest BCUT2D eigenvalue weighted by molar-refractivity contribution is 5.92. The maximum Gasteiger partial charge on any atom is 0.273 e. The van der Waals surface area contributed by atoms with E-state index in [0.29, 0.717) is 18.1 Å². The molecule has 1 aliphatic rings. The van der Waals surface area contributed by atoms with Crippen LogP contribution >= 0.6 is 0 Å². The molecule has 2 aromatic heterocycles. The molecule has 4 rings (SSSR count). The molecule has 0 N–H and O–H groups in total. The number of benzene rings is 1. The van der Waals surface area contributed by atoms with Gasteiger partial charge >= 0.3 is 0 Å². The predicted octanol–water partition coefficient (Wildman–Crippen LogP) is 3.90. The summed E-state index contributed by atoms with van der Waals surface area (Å²) in [6.07, 6.45) is 4.65. The first-order valence-electron chi connectivity index (χ1n) is 8.31. The number of para-hydroxylation sites is 2. The first kappa shape index (κ1) is 14.9. The molecule has 5 heteroatoms. The fourth-order valence-corrected chi connectivity index (χ4v) is 3.21. The smallest absolute Gasteiger partial charge is 0.273 e. The highest BCUT2D eigenvalue weighted by Gasteiger charge is 2.32. The van der Waals surface area contributed by atoms with Crippen LogP contribution in [0.25, 0.3) is 11.1 Å². The minimum Gasteiger partial charge on any atom is -0.438 e. The summed E-state index contributed by atoms with van der Waals surface area (Å²) in [4.78, 5) is 23.6. The van der Waals surface area contributed by atoms with Gasteiger partial charge in [0.2, 0.25) is 5.89 Å². The number of hydrogen-bond donors (Lipinski definition) is 0. The van der Waals surface area contributed by atoms with Crippen LogP contribution < -0.4 is 0 Å². The van der Waals surface area contributed by atoms with Gasteiger partial charge in [-0.05, 0) is 49.9 Å². The minimum atomic E-state index is -0.123. The number of piperidine rings is 1. The van der Waals surface area contributed by atoms with Crippen molar-refractivity contribution in [3.05, 3.63) is 59.7 Å². The molecule has 0 bridgehead atoms. The van der Waals surface area contributed by atoms with Gasteiger partial charge in [-0.25, -0.2) is 4.98 Å². The second-order valence-electron chi connectivity index (χ2n) is 6.25. The lowest BCUT2D eigenvalue weighted by atomic mass is 10.0. The predicted molar refractivity (Wildman–Crippen MR) is 90.6 cm³/mol. The monoisotopic (exact) mass is 321 g/mol. The van der Waals surface area contributed by atoms with E-state index in [0.717, 1.165) is 35.9 Å². The van der Waals surface area contributed by atoms with Gasteiger partial charge in [0.25, 0.3) is 5.91 Å². The van der Waals surface area contributed by atoms with Crippen molar-refractivity contribution >= 4 is 17.0 Å². The average Bonchev–Trinajstić information content (AvgIpc) is 3.06. The standard InChI is InChI=1S/C19H19N3O2/c1-13-9-10-15(20-12-13)19(23)22-11-5-4-7-16(22)18-21-14-6-2-3-8-17(14)24-18/h2-3,6,8-10,12,16H,4-5,7,11H2,1H3. The number of hydrogen-bond acceptors (Lipinski definition) is 4. The van der Waals surface area contributed by atoms with Gasteiger partial charge in [-0.1, -0.05) is 18.2 Å². The maximum absolute atomic E-state index is 12.9. The van der Waals surface area contributed by atoms with Crippen molar-refractivity contribution in [2.75, 3.05) is 6.54 Å². The number of aromatic nitrogens is 2. The van der Waals surface area contributed by atoms with Gasteiger partial charge < -0.3 is 9.32 Å². The van der Waals surface area contributed by atoms with Crippen LogP contribution in [0.3, 0.4) is 0 Å². The van der Waals surface area contributed by atoms with Gasteiger partial charge in [0.1, 0.15) is 17.3 Å². The lowest BCUT2D eigenvalue weighted by Crippen LogP contribution is -2.39. The molecule has 1 saturated heterocycles. The van der Waals surface area contributed by atoms with E-state index in [2.05, 4.69) is 9.97 Å². The molecule has 3 aromatic rings. The van der Waals surface area contributed by atoms with Crippen molar-refractivity contribution in [3.63, 3.8) is 0 Å². The molecule has 1 atom stereocenters. The van der Waals surface area contributed by atoms with Crippen LogP contribution in [-0.4, -0.2) is 27.3 Å². The first-order chi connectivity index (χ1) is 11.7. The highest BCUT2D eigenvalue weighted by atomic mass is 16.3. The molecule has 1 unspecified atom stereocenters. The Labute approximate surface area is 140 Å². The molecule has 1 amide bonds. The highest BCUT2D eigenvalue weighted by Crippen LogP contribution is 2.33. The summed E-state index contributed by atoms with van der Waals surface area (Å²) >= 11 is 0. The Morgan fingerprint density at radius 3 is 2.88 bits per heavy atom. The van der Waals surface area contributed by atoms with Crippen LogP contribution in [0.5, 0.6) is 0 Å². The van der Waals surface area contributed by atoms with Crippen LogP contribution in [0.15, 0.2) is 47.0 Å². The third kappa shape index (κ3) is 2.66. The van der Waals surface area contributed by atoms with E-state index in [9.17, 15) is 4.79 Å². The van der Waals surface area contributed by atoms with Gasteiger partial charge in [0, 0.05) is 12.7 Å². The maximum atomic E-state index is 12.9. The average molecular weight is 321 g/mol. The largest absolute Gasteiger partial charge is 0.438 e. The zero-order chi connectivity index (χ0) is 16.5. The normalized spacial score (nSPS) is 18.0. The van der Waals surface area contributed by atoms with Crippen LogP contribution in [0.2, 0.25) is 0 Å². The number of carbonyl (C=O) groups excluding carboxylic acids is 1. The molecule has 1 fully saturated rings. The second-order valence-corrected chi connectivity index (χ2v) is 6.25. The van der Waals surface area contributed by atoms with Crippen molar-refractivity contribution in [3.8, 4) is 0 Å². The van der Waals surface area contributed by atoms with E-state index in [1.807, 2.05) is 42.2 Å². The van der Waals surface area contributed by atoms with Crippen LogP contribution in [0.4, 0.5) is 0 Å². The summed E-state index contributed by atoms with van der Waals surface area (Å²) in [5, 5.41) is 0. The van der Waals surface area contributed by atoms with Crippen molar-refractivity contribution in [1.82, 2.24) is 14.9 Å². The van der Waals surface area contributed by atoms with Gasteiger partial charge in [-0.15, -0.1) is 0 Å². The fourth-order valence-electron chi connectivity index (χ4n) is 3.21. The molecule has 1 aliphatic heterocycles. The van der Waals surface area contributed by atoms with Gasteiger partial charge in [0.05, 0.1) is 0 Å². The molecular formula is C19H19N3O2. The number of likely N-dealkylation sites (tertiary alicyclic amines) is 1. The number of oxazole rings is 1. The van der Waals surface area contributed by atoms with Crippen LogP contribution in [-0.2, 0) is 0 Å². The van der Waals surface area contributed by atoms with E-state index >= 15 is 0 Å². The fraction of sp³-hybridized carbons (Fsp3) is 0.316. The Morgan fingerprint density at radius 1 is 1.21 bits per heavy atom.